The van der Waals surface area contributed by atoms with Crippen LogP contribution in [0.1, 0.15) is 38.7 Å². The predicted octanol–water partition coefficient (Wildman–Crippen LogP) is 4.99. The molecule has 1 saturated heterocycles. The summed E-state index contributed by atoms with van der Waals surface area (Å²) in [6.45, 7) is 7.16. The fourth-order valence-corrected chi connectivity index (χ4v) is 4.19. The molecule has 1 heterocycles. The van der Waals surface area contributed by atoms with E-state index in [-0.39, 0.29) is 17.8 Å². The zero-order valence-electron chi connectivity index (χ0n) is 17.5. The fourth-order valence-electron chi connectivity index (χ4n) is 4.19. The lowest BCUT2D eigenvalue weighted by Crippen LogP contribution is -2.50. The van der Waals surface area contributed by atoms with Crippen molar-refractivity contribution in [2.75, 3.05) is 26.2 Å². The lowest BCUT2D eigenvalue weighted by Gasteiger charge is -2.40. The van der Waals surface area contributed by atoms with E-state index in [4.69, 9.17) is 0 Å². The highest BCUT2D eigenvalue weighted by atomic mass is 19.1. The average molecular weight is 403 g/mol. The number of rotatable bonds is 4. The molecule has 0 radical (unpaired) electrons. The maximum atomic E-state index is 13.2. The fraction of sp³-hybridized carbons (Fsp3) is 0.269. The van der Waals surface area contributed by atoms with E-state index in [1.54, 1.807) is 12.1 Å². The van der Waals surface area contributed by atoms with Crippen LogP contribution in [-0.4, -0.2) is 41.9 Å². The predicted molar refractivity (Wildman–Crippen MR) is 118 cm³/mol. The number of aryl methyl sites for hydroxylation is 2. The van der Waals surface area contributed by atoms with Gasteiger partial charge in [0.05, 0.1) is 6.04 Å². The molecular formula is C26H27FN2O. The minimum absolute atomic E-state index is 0.0302. The van der Waals surface area contributed by atoms with E-state index in [1.807, 2.05) is 4.90 Å². The molecule has 3 aromatic rings. The van der Waals surface area contributed by atoms with Crippen LogP contribution < -0.4 is 0 Å². The molecule has 154 valence electrons. The highest BCUT2D eigenvalue weighted by Crippen LogP contribution is 2.32. The summed E-state index contributed by atoms with van der Waals surface area (Å²) >= 11 is 0. The van der Waals surface area contributed by atoms with Crippen LogP contribution in [0.25, 0.3) is 0 Å². The van der Waals surface area contributed by atoms with Crippen LogP contribution in [-0.2, 0) is 0 Å². The van der Waals surface area contributed by atoms with Crippen LogP contribution in [0.3, 0.4) is 0 Å². The van der Waals surface area contributed by atoms with Gasteiger partial charge in [0.25, 0.3) is 5.91 Å². The van der Waals surface area contributed by atoms with Gasteiger partial charge in [-0.05, 0) is 54.8 Å². The second-order valence-corrected chi connectivity index (χ2v) is 8.00. The smallest absolute Gasteiger partial charge is 0.253 e. The van der Waals surface area contributed by atoms with Gasteiger partial charge in [-0.25, -0.2) is 4.39 Å². The molecule has 0 spiro atoms. The number of benzene rings is 3. The Kier molecular flexibility index (Phi) is 5.96. The minimum Gasteiger partial charge on any atom is -0.336 e. The summed E-state index contributed by atoms with van der Waals surface area (Å²) < 4.78 is 13.2. The van der Waals surface area contributed by atoms with Gasteiger partial charge in [-0.2, -0.15) is 0 Å². The molecule has 1 aliphatic heterocycles. The van der Waals surface area contributed by atoms with Gasteiger partial charge in [0.1, 0.15) is 5.82 Å². The number of piperazine rings is 1. The Morgan fingerprint density at radius 1 is 0.833 bits per heavy atom. The van der Waals surface area contributed by atoms with Crippen molar-refractivity contribution in [1.82, 2.24) is 9.80 Å². The molecule has 3 nitrogen and oxygen atoms in total. The maximum absolute atomic E-state index is 13.2. The molecule has 1 aliphatic rings. The van der Waals surface area contributed by atoms with Crippen molar-refractivity contribution in [3.8, 4) is 0 Å². The van der Waals surface area contributed by atoms with Gasteiger partial charge in [-0.15, -0.1) is 0 Å². The van der Waals surface area contributed by atoms with Gasteiger partial charge >= 0.3 is 0 Å². The second kappa shape index (κ2) is 8.80. The van der Waals surface area contributed by atoms with E-state index in [2.05, 4.69) is 67.3 Å². The third-order valence-electron chi connectivity index (χ3n) is 5.93. The van der Waals surface area contributed by atoms with Crippen LogP contribution in [0.5, 0.6) is 0 Å². The Hall–Kier alpha value is -2.98. The van der Waals surface area contributed by atoms with Gasteiger partial charge in [-0.3, -0.25) is 9.69 Å². The number of carbonyl (C=O) groups excluding carboxylic acids is 1. The molecular weight excluding hydrogens is 375 g/mol. The van der Waals surface area contributed by atoms with Gasteiger partial charge in [0.15, 0.2) is 0 Å². The van der Waals surface area contributed by atoms with Crippen molar-refractivity contribution in [2.24, 2.45) is 0 Å². The molecule has 1 amide bonds. The van der Waals surface area contributed by atoms with Crippen LogP contribution in [0.15, 0.2) is 72.8 Å². The summed E-state index contributed by atoms with van der Waals surface area (Å²) in [4.78, 5) is 17.1. The zero-order chi connectivity index (χ0) is 21.1. The third kappa shape index (κ3) is 4.29. The number of halogens is 1. The number of amides is 1. The summed E-state index contributed by atoms with van der Waals surface area (Å²) in [6.07, 6.45) is 0. The molecule has 3 aromatic carbocycles. The van der Waals surface area contributed by atoms with Gasteiger partial charge in [0.2, 0.25) is 0 Å². The average Bonchev–Trinajstić information content (AvgIpc) is 2.77. The number of nitrogens with zero attached hydrogens (tertiary/aromatic N) is 2. The van der Waals surface area contributed by atoms with Crippen molar-refractivity contribution >= 4 is 5.91 Å². The zero-order valence-corrected chi connectivity index (χ0v) is 17.5. The summed E-state index contributed by atoms with van der Waals surface area (Å²) in [5.41, 5.74) is 5.64. The minimum atomic E-state index is -0.324. The SMILES string of the molecule is Cc1ccc([C@@H](c2ccccc2C)N2CCN(C(=O)c3ccc(F)cc3)CC2)cc1. The van der Waals surface area contributed by atoms with Crippen LogP contribution in [0, 0.1) is 19.7 Å². The van der Waals surface area contributed by atoms with E-state index in [0.29, 0.717) is 18.7 Å². The second-order valence-electron chi connectivity index (χ2n) is 8.00. The molecule has 30 heavy (non-hydrogen) atoms. The topological polar surface area (TPSA) is 23.6 Å². The Morgan fingerprint density at radius 3 is 2.10 bits per heavy atom. The van der Waals surface area contributed by atoms with Crippen LogP contribution in [0.4, 0.5) is 4.39 Å². The molecule has 0 aliphatic carbocycles. The van der Waals surface area contributed by atoms with E-state index < -0.39 is 0 Å². The van der Waals surface area contributed by atoms with Gasteiger partial charge in [-0.1, -0.05) is 54.1 Å². The summed E-state index contributed by atoms with van der Waals surface area (Å²) in [7, 11) is 0. The summed E-state index contributed by atoms with van der Waals surface area (Å²) in [5.74, 6) is -0.354. The molecule has 0 aromatic heterocycles. The van der Waals surface area contributed by atoms with E-state index in [1.165, 1.54) is 34.4 Å². The lowest BCUT2D eigenvalue weighted by atomic mass is 9.92. The highest BCUT2D eigenvalue weighted by molar-refractivity contribution is 5.94. The number of hydrogen-bond donors (Lipinski definition) is 0. The van der Waals surface area contributed by atoms with Crippen LogP contribution in [0.2, 0.25) is 0 Å². The first-order chi connectivity index (χ1) is 14.5. The highest BCUT2D eigenvalue weighted by Gasteiger charge is 2.29. The van der Waals surface area contributed by atoms with Crippen molar-refractivity contribution in [3.05, 3.63) is 106 Å². The molecule has 4 rings (SSSR count). The van der Waals surface area contributed by atoms with Crippen LogP contribution >= 0.6 is 0 Å². The number of hydrogen-bond acceptors (Lipinski definition) is 2. The van der Waals surface area contributed by atoms with E-state index in [0.717, 1.165) is 13.1 Å². The first kappa shape index (κ1) is 20.3. The molecule has 0 unspecified atom stereocenters. The quantitative estimate of drug-likeness (QED) is 0.614. The molecule has 0 saturated carbocycles. The third-order valence-corrected chi connectivity index (χ3v) is 5.93. The van der Waals surface area contributed by atoms with Gasteiger partial charge < -0.3 is 4.90 Å². The molecule has 1 fully saturated rings. The number of carbonyl (C=O) groups is 1. The lowest BCUT2D eigenvalue weighted by molar-refractivity contribution is 0.0597. The molecule has 4 heteroatoms. The molecule has 1 atom stereocenters. The standard InChI is InChI=1S/C26H27FN2O/c1-19-7-9-21(10-8-19)25(24-6-4-3-5-20(24)2)28-15-17-29(18-16-28)26(30)22-11-13-23(27)14-12-22/h3-14,25H,15-18H2,1-2H3/t25-/m0/s1. The van der Waals surface area contributed by atoms with Crippen molar-refractivity contribution in [3.63, 3.8) is 0 Å². The van der Waals surface area contributed by atoms with Gasteiger partial charge in [0, 0.05) is 31.7 Å². The largest absolute Gasteiger partial charge is 0.336 e. The van der Waals surface area contributed by atoms with E-state index >= 15 is 0 Å². The van der Waals surface area contributed by atoms with Crippen molar-refractivity contribution in [1.29, 1.82) is 0 Å². The Bertz CT molecular complexity index is 1010. The Morgan fingerprint density at radius 2 is 1.47 bits per heavy atom. The monoisotopic (exact) mass is 402 g/mol. The first-order valence-electron chi connectivity index (χ1n) is 10.4. The molecule has 0 bridgehead atoms. The summed E-state index contributed by atoms with van der Waals surface area (Å²) in [6, 6.07) is 23.2. The summed E-state index contributed by atoms with van der Waals surface area (Å²) in [5, 5.41) is 0. The van der Waals surface area contributed by atoms with Crippen molar-refractivity contribution in [2.45, 2.75) is 19.9 Å². The Labute approximate surface area is 177 Å². The van der Waals surface area contributed by atoms with Crippen molar-refractivity contribution < 1.29 is 9.18 Å². The Balaban J connectivity index is 1.55. The normalized spacial score (nSPS) is 15.8. The molecule has 0 N–H and O–H groups in total. The van der Waals surface area contributed by atoms with E-state index in [9.17, 15) is 9.18 Å². The maximum Gasteiger partial charge on any atom is 0.253 e. The first-order valence-corrected chi connectivity index (χ1v) is 10.4.